The van der Waals surface area contributed by atoms with Gasteiger partial charge in [0.1, 0.15) is 0 Å². The molecule has 0 aliphatic rings. The summed E-state index contributed by atoms with van der Waals surface area (Å²) in [6, 6.07) is 8.63. The van der Waals surface area contributed by atoms with E-state index >= 15 is 0 Å². The van der Waals surface area contributed by atoms with Crippen molar-refractivity contribution in [1.29, 1.82) is 0 Å². The van der Waals surface area contributed by atoms with Crippen LogP contribution in [0.1, 0.15) is 44.9 Å². The standard InChI is InChI=1S/C17H28N2O/c1-6-14-7-9-15(10-8-14)16(12(2)3)19-17(20)13(4)11-18-5/h7-10,12-13,16,18H,6,11H2,1-5H3,(H,19,20). The van der Waals surface area contributed by atoms with Crippen molar-refractivity contribution in [2.75, 3.05) is 13.6 Å². The predicted octanol–water partition coefficient (Wildman–Crippen LogP) is 2.92. The molecule has 1 rings (SSSR count). The van der Waals surface area contributed by atoms with E-state index in [0.717, 1.165) is 6.42 Å². The van der Waals surface area contributed by atoms with Crippen LogP contribution in [0.4, 0.5) is 0 Å². The molecule has 1 aromatic carbocycles. The van der Waals surface area contributed by atoms with Crippen molar-refractivity contribution >= 4 is 5.91 Å². The van der Waals surface area contributed by atoms with Gasteiger partial charge in [-0.25, -0.2) is 0 Å². The Morgan fingerprint density at radius 1 is 1.15 bits per heavy atom. The molecule has 2 atom stereocenters. The van der Waals surface area contributed by atoms with Gasteiger partial charge in [-0.05, 0) is 30.5 Å². The zero-order chi connectivity index (χ0) is 15.1. The summed E-state index contributed by atoms with van der Waals surface area (Å²) in [5, 5.41) is 6.22. The van der Waals surface area contributed by atoms with Gasteiger partial charge in [0, 0.05) is 12.5 Å². The number of hydrogen-bond acceptors (Lipinski definition) is 2. The number of carbonyl (C=O) groups is 1. The minimum Gasteiger partial charge on any atom is -0.349 e. The van der Waals surface area contributed by atoms with E-state index in [9.17, 15) is 4.79 Å². The smallest absolute Gasteiger partial charge is 0.224 e. The molecule has 0 radical (unpaired) electrons. The van der Waals surface area contributed by atoms with E-state index in [0.29, 0.717) is 12.5 Å². The van der Waals surface area contributed by atoms with Gasteiger partial charge in [-0.2, -0.15) is 0 Å². The molecule has 0 aliphatic heterocycles. The molecular formula is C17H28N2O. The Kier molecular flexibility index (Phi) is 6.73. The van der Waals surface area contributed by atoms with Crippen LogP contribution in [0.25, 0.3) is 0 Å². The fourth-order valence-electron chi connectivity index (χ4n) is 2.29. The average Bonchev–Trinajstić information content (AvgIpc) is 2.44. The van der Waals surface area contributed by atoms with Gasteiger partial charge in [-0.3, -0.25) is 4.79 Å². The molecule has 2 N–H and O–H groups in total. The lowest BCUT2D eigenvalue weighted by Crippen LogP contribution is -2.38. The second-order valence-corrected chi connectivity index (χ2v) is 5.78. The molecule has 3 heteroatoms. The molecular weight excluding hydrogens is 248 g/mol. The quantitative estimate of drug-likeness (QED) is 0.804. The third kappa shape index (κ3) is 4.64. The number of hydrogen-bond donors (Lipinski definition) is 2. The van der Waals surface area contributed by atoms with E-state index in [1.807, 2.05) is 14.0 Å². The van der Waals surface area contributed by atoms with E-state index in [1.54, 1.807) is 0 Å². The lowest BCUT2D eigenvalue weighted by atomic mass is 9.94. The number of benzene rings is 1. The fraction of sp³-hybridized carbons (Fsp3) is 0.588. The molecule has 3 nitrogen and oxygen atoms in total. The third-order valence-electron chi connectivity index (χ3n) is 3.67. The molecule has 0 bridgehead atoms. The highest BCUT2D eigenvalue weighted by atomic mass is 16.1. The van der Waals surface area contributed by atoms with Crippen molar-refractivity contribution in [3.05, 3.63) is 35.4 Å². The first-order valence-electron chi connectivity index (χ1n) is 7.53. The molecule has 1 amide bonds. The Bertz CT molecular complexity index is 412. The van der Waals surface area contributed by atoms with Crippen molar-refractivity contribution in [2.45, 2.75) is 40.2 Å². The Hall–Kier alpha value is -1.35. The molecule has 0 saturated heterocycles. The summed E-state index contributed by atoms with van der Waals surface area (Å²) in [6.45, 7) is 9.08. The van der Waals surface area contributed by atoms with Crippen LogP contribution in [-0.4, -0.2) is 19.5 Å². The van der Waals surface area contributed by atoms with E-state index in [-0.39, 0.29) is 17.9 Å². The first kappa shape index (κ1) is 16.7. The second kappa shape index (κ2) is 8.05. The summed E-state index contributed by atoms with van der Waals surface area (Å²) in [7, 11) is 1.87. The maximum absolute atomic E-state index is 12.2. The van der Waals surface area contributed by atoms with Crippen LogP contribution < -0.4 is 10.6 Å². The third-order valence-corrected chi connectivity index (χ3v) is 3.67. The van der Waals surface area contributed by atoms with Crippen LogP contribution in [-0.2, 0) is 11.2 Å². The van der Waals surface area contributed by atoms with Crippen LogP contribution in [0, 0.1) is 11.8 Å². The van der Waals surface area contributed by atoms with Gasteiger partial charge in [0.2, 0.25) is 5.91 Å². The van der Waals surface area contributed by atoms with Gasteiger partial charge in [0.25, 0.3) is 0 Å². The van der Waals surface area contributed by atoms with Crippen LogP contribution in [0.15, 0.2) is 24.3 Å². The Balaban J connectivity index is 2.80. The molecule has 0 heterocycles. The molecule has 0 fully saturated rings. The zero-order valence-electron chi connectivity index (χ0n) is 13.4. The number of aryl methyl sites for hydroxylation is 1. The van der Waals surface area contributed by atoms with E-state index in [1.165, 1.54) is 11.1 Å². The van der Waals surface area contributed by atoms with E-state index < -0.39 is 0 Å². The normalized spacial score (nSPS) is 14.1. The van der Waals surface area contributed by atoms with Crippen molar-refractivity contribution in [2.24, 2.45) is 11.8 Å². The molecule has 0 aromatic heterocycles. The lowest BCUT2D eigenvalue weighted by Gasteiger charge is -2.25. The molecule has 112 valence electrons. The van der Waals surface area contributed by atoms with Gasteiger partial charge < -0.3 is 10.6 Å². The zero-order valence-corrected chi connectivity index (χ0v) is 13.4. The first-order chi connectivity index (χ1) is 9.49. The molecule has 1 aromatic rings. The Morgan fingerprint density at radius 3 is 2.20 bits per heavy atom. The Morgan fingerprint density at radius 2 is 1.75 bits per heavy atom. The van der Waals surface area contributed by atoms with Gasteiger partial charge >= 0.3 is 0 Å². The summed E-state index contributed by atoms with van der Waals surface area (Å²) in [4.78, 5) is 12.2. The van der Waals surface area contributed by atoms with Gasteiger partial charge in [0.15, 0.2) is 0 Å². The monoisotopic (exact) mass is 276 g/mol. The van der Waals surface area contributed by atoms with Gasteiger partial charge in [-0.15, -0.1) is 0 Å². The number of carbonyl (C=O) groups excluding carboxylic acids is 1. The Labute approximate surface area is 123 Å². The highest BCUT2D eigenvalue weighted by Gasteiger charge is 2.21. The molecule has 0 aliphatic carbocycles. The van der Waals surface area contributed by atoms with Crippen LogP contribution >= 0.6 is 0 Å². The largest absolute Gasteiger partial charge is 0.349 e. The second-order valence-electron chi connectivity index (χ2n) is 5.78. The molecule has 0 spiro atoms. The molecule has 2 unspecified atom stereocenters. The minimum atomic E-state index is -0.0174. The van der Waals surface area contributed by atoms with Crippen molar-refractivity contribution in [1.82, 2.24) is 10.6 Å². The van der Waals surface area contributed by atoms with Gasteiger partial charge in [-0.1, -0.05) is 52.0 Å². The highest BCUT2D eigenvalue weighted by molar-refractivity contribution is 5.79. The SMILES string of the molecule is CCc1ccc(C(NC(=O)C(C)CNC)C(C)C)cc1. The first-order valence-corrected chi connectivity index (χ1v) is 7.53. The number of amides is 1. The summed E-state index contributed by atoms with van der Waals surface area (Å²) in [5.74, 6) is 0.460. The number of nitrogens with one attached hydrogen (secondary N) is 2. The maximum Gasteiger partial charge on any atom is 0.224 e. The minimum absolute atomic E-state index is 0.0174. The summed E-state index contributed by atoms with van der Waals surface area (Å²) in [5.41, 5.74) is 2.51. The highest BCUT2D eigenvalue weighted by Crippen LogP contribution is 2.22. The van der Waals surface area contributed by atoms with Crippen LogP contribution in [0.5, 0.6) is 0 Å². The average molecular weight is 276 g/mol. The predicted molar refractivity (Wildman–Crippen MR) is 84.6 cm³/mol. The fourth-order valence-corrected chi connectivity index (χ4v) is 2.29. The summed E-state index contributed by atoms with van der Waals surface area (Å²) < 4.78 is 0. The van der Waals surface area contributed by atoms with Crippen molar-refractivity contribution < 1.29 is 4.79 Å². The van der Waals surface area contributed by atoms with E-state index in [4.69, 9.17) is 0 Å². The summed E-state index contributed by atoms with van der Waals surface area (Å²) in [6.07, 6.45) is 1.04. The van der Waals surface area contributed by atoms with Crippen LogP contribution in [0.2, 0.25) is 0 Å². The van der Waals surface area contributed by atoms with Crippen LogP contribution in [0.3, 0.4) is 0 Å². The molecule has 0 saturated carbocycles. The topological polar surface area (TPSA) is 41.1 Å². The van der Waals surface area contributed by atoms with E-state index in [2.05, 4.69) is 55.7 Å². The molecule has 20 heavy (non-hydrogen) atoms. The van der Waals surface area contributed by atoms with Crippen molar-refractivity contribution in [3.63, 3.8) is 0 Å². The lowest BCUT2D eigenvalue weighted by molar-refractivity contribution is -0.125. The number of rotatable bonds is 7. The van der Waals surface area contributed by atoms with Crippen molar-refractivity contribution in [3.8, 4) is 0 Å². The maximum atomic E-state index is 12.2. The summed E-state index contributed by atoms with van der Waals surface area (Å²) >= 11 is 0. The van der Waals surface area contributed by atoms with Gasteiger partial charge in [0.05, 0.1) is 6.04 Å².